The van der Waals surface area contributed by atoms with Crippen molar-refractivity contribution in [2.24, 2.45) is 12.0 Å². The van der Waals surface area contributed by atoms with Crippen LogP contribution >= 0.6 is 24.0 Å². The first-order valence-corrected chi connectivity index (χ1v) is 9.94. The lowest BCUT2D eigenvalue weighted by atomic mass is 10.1. The smallest absolute Gasteiger partial charge is 0.192 e. The van der Waals surface area contributed by atoms with Gasteiger partial charge in [-0.15, -0.1) is 34.2 Å². The lowest BCUT2D eigenvalue weighted by molar-refractivity contribution is 0.396. The molecule has 1 aliphatic heterocycles. The van der Waals surface area contributed by atoms with Gasteiger partial charge in [0.15, 0.2) is 11.8 Å². The van der Waals surface area contributed by atoms with Crippen molar-refractivity contribution in [3.8, 4) is 0 Å². The van der Waals surface area contributed by atoms with Crippen molar-refractivity contribution < 1.29 is 0 Å². The number of guanidine groups is 1. The van der Waals surface area contributed by atoms with Crippen LogP contribution in [0.25, 0.3) is 0 Å². The molecule has 1 aliphatic carbocycles. The van der Waals surface area contributed by atoms with Crippen molar-refractivity contribution in [1.29, 1.82) is 0 Å². The quantitative estimate of drug-likeness (QED) is 0.380. The van der Waals surface area contributed by atoms with Crippen LogP contribution in [-0.2, 0) is 20.1 Å². The Kier molecular flexibility index (Phi) is 6.89. The van der Waals surface area contributed by atoms with Crippen LogP contribution in [0.1, 0.15) is 67.9 Å². The molecule has 2 aromatic rings. The Hall–Kier alpha value is -1.72. The average Bonchev–Trinajstić information content (AvgIpc) is 3.36. The molecule has 0 amide bonds. The largest absolute Gasteiger partial charge is 0.354 e. The number of aliphatic imine (C=N–C) groups is 1. The zero-order valence-electron chi connectivity index (χ0n) is 16.9. The van der Waals surface area contributed by atoms with E-state index < -0.39 is 0 Å². The molecule has 1 unspecified atom stereocenters. The van der Waals surface area contributed by atoms with Gasteiger partial charge in [0, 0.05) is 19.6 Å². The minimum atomic E-state index is 0. The highest BCUT2D eigenvalue weighted by atomic mass is 127. The number of aromatic nitrogens is 6. The van der Waals surface area contributed by atoms with Crippen LogP contribution < -0.4 is 10.6 Å². The lowest BCUT2D eigenvalue weighted by Crippen LogP contribution is -2.45. The van der Waals surface area contributed by atoms with Gasteiger partial charge in [-0.25, -0.2) is 14.7 Å². The standard InChI is InChI=1S/C18H29N9.HI/c1-12-20-17-15(9-6-10-27(17)25-12)22-18(21-14-7-4-5-8-14)19-11-16-24-23-13(2)26(16)3;/h14-15H,4-11H2,1-3H3,(H2,19,21,22);1H. The second-order valence-electron chi connectivity index (χ2n) is 7.59. The van der Waals surface area contributed by atoms with E-state index in [1.54, 1.807) is 0 Å². The predicted octanol–water partition coefficient (Wildman–Crippen LogP) is 2.15. The van der Waals surface area contributed by atoms with Gasteiger partial charge in [-0.2, -0.15) is 5.10 Å². The van der Waals surface area contributed by atoms with Gasteiger partial charge in [-0.3, -0.25) is 0 Å². The highest BCUT2D eigenvalue weighted by Gasteiger charge is 2.25. The molecular formula is C18H30IN9. The Labute approximate surface area is 182 Å². The molecule has 0 aromatic carbocycles. The number of aryl methyl sites for hydroxylation is 3. The van der Waals surface area contributed by atoms with Crippen LogP contribution in [0.2, 0.25) is 0 Å². The Morgan fingerprint density at radius 2 is 1.89 bits per heavy atom. The Bertz CT molecular complexity index is 819. The van der Waals surface area contributed by atoms with E-state index in [2.05, 4.69) is 30.9 Å². The van der Waals surface area contributed by atoms with Crippen molar-refractivity contribution >= 4 is 29.9 Å². The summed E-state index contributed by atoms with van der Waals surface area (Å²) >= 11 is 0. The van der Waals surface area contributed by atoms with Crippen LogP contribution in [-0.4, -0.2) is 41.5 Å². The van der Waals surface area contributed by atoms with Crippen LogP contribution in [0.15, 0.2) is 4.99 Å². The number of fused-ring (bicyclic) bond motifs is 1. The third kappa shape index (κ3) is 4.64. The fourth-order valence-electron chi connectivity index (χ4n) is 3.91. The first kappa shape index (κ1) is 21.0. The summed E-state index contributed by atoms with van der Waals surface area (Å²) in [6.07, 6.45) is 7.08. The number of hydrogen-bond donors (Lipinski definition) is 2. The van der Waals surface area contributed by atoms with E-state index in [0.717, 1.165) is 48.6 Å². The van der Waals surface area contributed by atoms with Gasteiger partial charge in [0.05, 0.1) is 6.04 Å². The molecule has 0 saturated heterocycles. The topological polar surface area (TPSA) is 97.8 Å². The molecule has 4 rings (SSSR count). The molecule has 1 saturated carbocycles. The minimum Gasteiger partial charge on any atom is -0.354 e. The lowest BCUT2D eigenvalue weighted by Gasteiger charge is -2.26. The van der Waals surface area contributed by atoms with E-state index in [9.17, 15) is 0 Å². The van der Waals surface area contributed by atoms with Gasteiger partial charge >= 0.3 is 0 Å². The maximum Gasteiger partial charge on any atom is 0.192 e. The summed E-state index contributed by atoms with van der Waals surface area (Å²) in [6.45, 7) is 5.34. The van der Waals surface area contributed by atoms with E-state index in [-0.39, 0.29) is 30.0 Å². The second kappa shape index (κ2) is 9.19. The van der Waals surface area contributed by atoms with Crippen molar-refractivity contribution in [3.05, 3.63) is 23.3 Å². The number of rotatable bonds is 4. The number of hydrogen-bond acceptors (Lipinski definition) is 5. The molecule has 28 heavy (non-hydrogen) atoms. The monoisotopic (exact) mass is 499 g/mol. The molecule has 3 heterocycles. The normalized spacial score (nSPS) is 20.0. The van der Waals surface area contributed by atoms with Crippen LogP contribution in [0.5, 0.6) is 0 Å². The third-order valence-electron chi connectivity index (χ3n) is 5.55. The van der Waals surface area contributed by atoms with E-state index in [1.807, 2.05) is 30.1 Å². The van der Waals surface area contributed by atoms with Gasteiger partial charge < -0.3 is 15.2 Å². The highest BCUT2D eigenvalue weighted by molar-refractivity contribution is 14.0. The molecule has 1 atom stereocenters. The van der Waals surface area contributed by atoms with Gasteiger partial charge in [0.1, 0.15) is 24.0 Å². The average molecular weight is 499 g/mol. The van der Waals surface area contributed by atoms with Gasteiger partial charge in [-0.05, 0) is 39.5 Å². The molecule has 2 aromatic heterocycles. The van der Waals surface area contributed by atoms with Gasteiger partial charge in [0.25, 0.3) is 0 Å². The fourth-order valence-corrected chi connectivity index (χ4v) is 3.91. The molecule has 0 bridgehead atoms. The third-order valence-corrected chi connectivity index (χ3v) is 5.55. The number of nitrogens with zero attached hydrogens (tertiary/aromatic N) is 7. The summed E-state index contributed by atoms with van der Waals surface area (Å²) in [7, 11) is 1.98. The summed E-state index contributed by atoms with van der Waals surface area (Å²) in [4.78, 5) is 9.45. The molecule has 2 aliphatic rings. The summed E-state index contributed by atoms with van der Waals surface area (Å²) in [5.41, 5.74) is 0. The summed E-state index contributed by atoms with van der Waals surface area (Å²) < 4.78 is 4.01. The predicted molar refractivity (Wildman–Crippen MR) is 118 cm³/mol. The van der Waals surface area contributed by atoms with Crippen molar-refractivity contribution in [2.75, 3.05) is 0 Å². The molecule has 1 fully saturated rings. The molecule has 0 spiro atoms. The van der Waals surface area contributed by atoms with E-state index in [4.69, 9.17) is 4.99 Å². The van der Waals surface area contributed by atoms with E-state index in [0.29, 0.717) is 12.6 Å². The SMILES string of the molecule is Cc1nc2n(n1)CCCC2NC(=NCc1nnc(C)n1C)NC1CCCC1.I. The van der Waals surface area contributed by atoms with Crippen molar-refractivity contribution in [3.63, 3.8) is 0 Å². The fraction of sp³-hybridized carbons (Fsp3) is 0.722. The summed E-state index contributed by atoms with van der Waals surface area (Å²) in [6, 6.07) is 0.620. The Morgan fingerprint density at radius 1 is 1.11 bits per heavy atom. The summed E-state index contributed by atoms with van der Waals surface area (Å²) in [5.74, 6) is 4.43. The maximum atomic E-state index is 4.82. The Balaban J connectivity index is 0.00000225. The first-order valence-electron chi connectivity index (χ1n) is 9.94. The molecule has 0 radical (unpaired) electrons. The first-order chi connectivity index (χ1) is 13.1. The van der Waals surface area contributed by atoms with Crippen LogP contribution in [0.3, 0.4) is 0 Å². The molecule has 154 valence electrons. The second-order valence-corrected chi connectivity index (χ2v) is 7.59. The van der Waals surface area contributed by atoms with Crippen molar-refractivity contribution in [2.45, 2.75) is 77.5 Å². The summed E-state index contributed by atoms with van der Waals surface area (Å²) in [5, 5.41) is 20.1. The minimum absolute atomic E-state index is 0. The number of halogens is 1. The molecular weight excluding hydrogens is 469 g/mol. The maximum absolute atomic E-state index is 4.82. The van der Waals surface area contributed by atoms with Crippen LogP contribution in [0, 0.1) is 13.8 Å². The van der Waals surface area contributed by atoms with Crippen molar-refractivity contribution in [1.82, 2.24) is 40.2 Å². The van der Waals surface area contributed by atoms with Gasteiger partial charge in [0.2, 0.25) is 0 Å². The van der Waals surface area contributed by atoms with Gasteiger partial charge in [-0.1, -0.05) is 12.8 Å². The Morgan fingerprint density at radius 3 is 2.61 bits per heavy atom. The highest BCUT2D eigenvalue weighted by Crippen LogP contribution is 2.23. The molecule has 9 nitrogen and oxygen atoms in total. The number of nitrogens with one attached hydrogen (secondary N) is 2. The molecule has 2 N–H and O–H groups in total. The van der Waals surface area contributed by atoms with E-state index in [1.165, 1.54) is 25.7 Å². The van der Waals surface area contributed by atoms with Crippen LogP contribution in [0.4, 0.5) is 0 Å². The zero-order chi connectivity index (χ0) is 18.8. The zero-order valence-corrected chi connectivity index (χ0v) is 19.2. The molecule has 10 heteroatoms. The van der Waals surface area contributed by atoms with E-state index >= 15 is 0 Å².